The molecule has 0 aromatic heterocycles. The Labute approximate surface area is 133 Å². The van der Waals surface area contributed by atoms with Crippen molar-refractivity contribution in [3.8, 4) is 5.75 Å². The van der Waals surface area contributed by atoms with Crippen molar-refractivity contribution in [3.05, 3.63) is 28.8 Å². The van der Waals surface area contributed by atoms with Gasteiger partial charge in [0.25, 0.3) is 0 Å². The Morgan fingerprint density at radius 3 is 2.67 bits per heavy atom. The predicted molar refractivity (Wildman–Crippen MR) is 89.4 cm³/mol. The van der Waals surface area contributed by atoms with E-state index in [2.05, 4.69) is 37.9 Å². The summed E-state index contributed by atoms with van der Waals surface area (Å²) in [5, 5.41) is 4.30. The van der Waals surface area contributed by atoms with E-state index < -0.39 is 0 Å². The molecule has 21 heavy (non-hydrogen) atoms. The van der Waals surface area contributed by atoms with Crippen molar-refractivity contribution in [3.63, 3.8) is 0 Å². The summed E-state index contributed by atoms with van der Waals surface area (Å²) in [6.07, 6.45) is 1.17. The predicted octanol–water partition coefficient (Wildman–Crippen LogP) is 3.35. The van der Waals surface area contributed by atoms with Gasteiger partial charge >= 0.3 is 0 Å². The van der Waals surface area contributed by atoms with Crippen molar-refractivity contribution < 1.29 is 4.74 Å². The zero-order valence-electron chi connectivity index (χ0n) is 13.5. The normalized spacial score (nSPS) is 17.6. The van der Waals surface area contributed by atoms with Crippen molar-refractivity contribution in [2.75, 3.05) is 19.6 Å². The molecule has 2 rings (SSSR count). The van der Waals surface area contributed by atoms with Crippen LogP contribution in [0.25, 0.3) is 0 Å². The Hall–Kier alpha value is -0.770. The van der Waals surface area contributed by atoms with Gasteiger partial charge in [-0.25, -0.2) is 0 Å². The van der Waals surface area contributed by atoms with Crippen LogP contribution in [0.5, 0.6) is 5.75 Å². The number of nitrogens with one attached hydrogen (secondary N) is 1. The first-order valence-corrected chi connectivity index (χ1v) is 8.26. The maximum atomic E-state index is 6.02. The molecule has 0 spiro atoms. The number of halogens is 1. The van der Waals surface area contributed by atoms with Crippen LogP contribution >= 0.6 is 11.6 Å². The molecule has 1 heterocycles. The molecule has 1 aromatic rings. The minimum absolute atomic E-state index is 0.227. The fourth-order valence-electron chi connectivity index (χ4n) is 2.99. The summed E-state index contributed by atoms with van der Waals surface area (Å²) in [4.78, 5) is 2.50. The average Bonchev–Trinajstić information content (AvgIpc) is 2.79. The number of benzene rings is 1. The summed E-state index contributed by atoms with van der Waals surface area (Å²) in [7, 11) is 0. The summed E-state index contributed by atoms with van der Waals surface area (Å²) < 4.78 is 5.93. The van der Waals surface area contributed by atoms with Crippen LogP contribution in [-0.2, 0) is 6.42 Å². The zero-order chi connectivity index (χ0) is 15.4. The van der Waals surface area contributed by atoms with Crippen LogP contribution in [0.4, 0.5) is 0 Å². The Balaban J connectivity index is 1.71. The highest BCUT2D eigenvalue weighted by molar-refractivity contribution is 6.30. The smallest absolute Gasteiger partial charge is 0.123 e. The van der Waals surface area contributed by atoms with Crippen molar-refractivity contribution in [2.45, 2.75) is 52.3 Å². The van der Waals surface area contributed by atoms with Crippen LogP contribution in [0.15, 0.2) is 18.2 Å². The van der Waals surface area contributed by atoms with Crippen molar-refractivity contribution >= 4 is 11.6 Å². The molecule has 1 aliphatic rings. The third kappa shape index (κ3) is 4.60. The second-order valence-corrected chi connectivity index (χ2v) is 6.76. The van der Waals surface area contributed by atoms with Gasteiger partial charge in [-0.3, -0.25) is 4.90 Å². The molecule has 0 saturated carbocycles. The molecular weight excluding hydrogens is 284 g/mol. The third-order valence-corrected chi connectivity index (χ3v) is 4.24. The van der Waals surface area contributed by atoms with Crippen LogP contribution in [0.2, 0.25) is 5.02 Å². The summed E-state index contributed by atoms with van der Waals surface area (Å²) in [5.74, 6) is 0.984. The van der Waals surface area contributed by atoms with Crippen LogP contribution < -0.4 is 10.1 Å². The van der Waals surface area contributed by atoms with Gasteiger partial charge in [0.2, 0.25) is 0 Å². The SMILES string of the molecule is CC(C)N(CCNCC1Cc2cc(Cl)ccc2O1)C(C)C. The van der Waals surface area contributed by atoms with Crippen LogP contribution in [0, 0.1) is 0 Å². The Morgan fingerprint density at radius 2 is 2.00 bits per heavy atom. The van der Waals surface area contributed by atoms with E-state index >= 15 is 0 Å². The molecule has 1 N–H and O–H groups in total. The topological polar surface area (TPSA) is 24.5 Å². The minimum Gasteiger partial charge on any atom is -0.488 e. The zero-order valence-corrected chi connectivity index (χ0v) is 14.3. The molecule has 0 saturated heterocycles. The van der Waals surface area contributed by atoms with Gasteiger partial charge in [0, 0.05) is 43.2 Å². The van der Waals surface area contributed by atoms with Gasteiger partial charge in [0.1, 0.15) is 11.9 Å². The third-order valence-electron chi connectivity index (χ3n) is 4.01. The van der Waals surface area contributed by atoms with Crippen LogP contribution in [-0.4, -0.2) is 42.7 Å². The van der Waals surface area contributed by atoms with E-state index in [1.165, 1.54) is 5.56 Å². The molecule has 0 radical (unpaired) electrons. The lowest BCUT2D eigenvalue weighted by molar-refractivity contribution is 0.170. The summed E-state index contributed by atoms with van der Waals surface area (Å²) >= 11 is 6.02. The van der Waals surface area contributed by atoms with E-state index in [-0.39, 0.29) is 6.10 Å². The van der Waals surface area contributed by atoms with Crippen LogP contribution in [0.3, 0.4) is 0 Å². The summed E-state index contributed by atoms with van der Waals surface area (Å²) in [5.41, 5.74) is 1.22. The molecule has 118 valence electrons. The monoisotopic (exact) mass is 310 g/mol. The van der Waals surface area contributed by atoms with Crippen molar-refractivity contribution in [1.82, 2.24) is 10.2 Å². The van der Waals surface area contributed by atoms with E-state index in [9.17, 15) is 0 Å². The molecule has 0 amide bonds. The van der Waals surface area contributed by atoms with E-state index in [1.807, 2.05) is 18.2 Å². The second-order valence-electron chi connectivity index (χ2n) is 6.33. The molecule has 0 fully saturated rings. The van der Waals surface area contributed by atoms with E-state index in [0.29, 0.717) is 12.1 Å². The summed E-state index contributed by atoms with van der Waals surface area (Å²) in [6, 6.07) is 7.04. The van der Waals surface area contributed by atoms with Gasteiger partial charge in [0.05, 0.1) is 0 Å². The van der Waals surface area contributed by atoms with Gasteiger partial charge in [-0.05, 0) is 51.5 Å². The number of fused-ring (bicyclic) bond motifs is 1. The Bertz CT molecular complexity index is 454. The van der Waals surface area contributed by atoms with Crippen molar-refractivity contribution in [2.24, 2.45) is 0 Å². The van der Waals surface area contributed by atoms with Gasteiger partial charge in [0.15, 0.2) is 0 Å². The first-order chi connectivity index (χ1) is 9.97. The van der Waals surface area contributed by atoms with E-state index in [4.69, 9.17) is 16.3 Å². The van der Waals surface area contributed by atoms with Gasteiger partial charge in [-0.2, -0.15) is 0 Å². The lowest BCUT2D eigenvalue weighted by Crippen LogP contribution is -2.42. The van der Waals surface area contributed by atoms with E-state index in [0.717, 1.165) is 36.8 Å². The second kappa shape index (κ2) is 7.48. The molecule has 4 heteroatoms. The lowest BCUT2D eigenvalue weighted by Gasteiger charge is -2.30. The van der Waals surface area contributed by atoms with Gasteiger partial charge in [-0.1, -0.05) is 11.6 Å². The molecule has 1 unspecified atom stereocenters. The highest BCUT2D eigenvalue weighted by atomic mass is 35.5. The average molecular weight is 311 g/mol. The first-order valence-electron chi connectivity index (χ1n) is 7.89. The number of nitrogens with zero attached hydrogens (tertiary/aromatic N) is 1. The molecule has 0 bridgehead atoms. The first kappa shape index (κ1) is 16.6. The molecular formula is C17H27ClN2O. The number of hydrogen-bond acceptors (Lipinski definition) is 3. The maximum Gasteiger partial charge on any atom is 0.123 e. The van der Waals surface area contributed by atoms with Crippen LogP contribution in [0.1, 0.15) is 33.3 Å². The highest BCUT2D eigenvalue weighted by Gasteiger charge is 2.22. The number of hydrogen-bond donors (Lipinski definition) is 1. The van der Waals surface area contributed by atoms with Gasteiger partial charge < -0.3 is 10.1 Å². The largest absolute Gasteiger partial charge is 0.488 e. The van der Waals surface area contributed by atoms with E-state index in [1.54, 1.807) is 0 Å². The fourth-order valence-corrected chi connectivity index (χ4v) is 3.18. The molecule has 1 aliphatic heterocycles. The molecule has 3 nitrogen and oxygen atoms in total. The summed E-state index contributed by atoms with van der Waals surface area (Å²) in [6.45, 7) is 12.0. The lowest BCUT2D eigenvalue weighted by atomic mass is 10.1. The molecule has 1 atom stereocenters. The van der Waals surface area contributed by atoms with Gasteiger partial charge in [-0.15, -0.1) is 0 Å². The Morgan fingerprint density at radius 1 is 1.29 bits per heavy atom. The Kier molecular flexibility index (Phi) is 5.91. The molecule has 1 aromatic carbocycles. The van der Waals surface area contributed by atoms with Crippen molar-refractivity contribution in [1.29, 1.82) is 0 Å². The number of rotatable bonds is 7. The standard InChI is InChI=1S/C17H27ClN2O/c1-12(2)20(13(3)4)8-7-19-11-16-10-14-9-15(18)5-6-17(14)21-16/h5-6,9,12-13,16,19H,7-8,10-11H2,1-4H3. The number of ether oxygens (including phenoxy) is 1. The molecule has 0 aliphatic carbocycles. The quantitative estimate of drug-likeness (QED) is 0.782. The highest BCUT2D eigenvalue weighted by Crippen LogP contribution is 2.30. The minimum atomic E-state index is 0.227. The fraction of sp³-hybridized carbons (Fsp3) is 0.647. The maximum absolute atomic E-state index is 6.02.